The molecule has 0 aromatic carbocycles. The number of rotatable bonds is 4. The fourth-order valence-electron chi connectivity index (χ4n) is 0.441. The zero-order valence-corrected chi connectivity index (χ0v) is 5.13. The molecule has 3 nitrogen and oxygen atoms in total. The summed E-state index contributed by atoms with van der Waals surface area (Å²) in [5, 5.41) is 8.06. The summed E-state index contributed by atoms with van der Waals surface area (Å²) in [7, 11) is 0. The predicted molar refractivity (Wildman–Crippen MR) is 32.5 cm³/mol. The third kappa shape index (κ3) is 6.87. The van der Waals surface area contributed by atoms with Crippen molar-refractivity contribution in [3.63, 3.8) is 0 Å². The van der Waals surface area contributed by atoms with Crippen LogP contribution >= 0.6 is 0 Å². The van der Waals surface area contributed by atoms with Crippen LogP contribution in [-0.4, -0.2) is 12.6 Å². The second-order valence-corrected chi connectivity index (χ2v) is 1.59. The molecule has 0 N–H and O–H groups in total. The van der Waals surface area contributed by atoms with E-state index in [1.54, 1.807) is 0 Å². The van der Waals surface area contributed by atoms with E-state index in [4.69, 9.17) is 5.26 Å². The van der Waals surface area contributed by atoms with Gasteiger partial charge in [-0.15, -0.1) is 0 Å². The minimum atomic E-state index is 0.505. The lowest BCUT2D eigenvalue weighted by Gasteiger charge is -1.85. The Bertz CT molecular complexity index is 142. The van der Waals surface area contributed by atoms with Crippen LogP contribution in [0.5, 0.6) is 0 Å². The quantitative estimate of drug-likeness (QED) is 0.319. The molecule has 0 aromatic rings. The maximum Gasteiger partial charge on any atom is 0.234 e. The Labute approximate surface area is 54.0 Å². The van der Waals surface area contributed by atoms with Crippen LogP contribution in [0.1, 0.15) is 19.3 Å². The molecule has 0 atom stereocenters. The van der Waals surface area contributed by atoms with Crippen LogP contribution in [-0.2, 0) is 4.79 Å². The molecule has 0 aromatic heterocycles. The fraction of sp³-hybridized carbons (Fsp3) is 0.667. The van der Waals surface area contributed by atoms with Gasteiger partial charge in [-0.25, -0.2) is 9.79 Å². The minimum Gasteiger partial charge on any atom is -0.211 e. The lowest BCUT2D eigenvalue weighted by molar-refractivity contribution is 0.562. The van der Waals surface area contributed by atoms with Crippen LogP contribution in [0.2, 0.25) is 0 Å². The zero-order valence-electron chi connectivity index (χ0n) is 5.13. The third-order valence-electron chi connectivity index (χ3n) is 0.873. The molecule has 0 fully saturated rings. The number of hydrogen-bond acceptors (Lipinski definition) is 3. The minimum absolute atomic E-state index is 0.505. The lowest BCUT2D eigenvalue weighted by Crippen LogP contribution is -1.78. The van der Waals surface area contributed by atoms with Crippen LogP contribution in [0.15, 0.2) is 4.99 Å². The van der Waals surface area contributed by atoms with Crippen LogP contribution in [0.25, 0.3) is 0 Å². The summed E-state index contributed by atoms with van der Waals surface area (Å²) in [6.07, 6.45) is 3.62. The van der Waals surface area contributed by atoms with E-state index in [1.807, 2.05) is 6.07 Å². The van der Waals surface area contributed by atoms with E-state index in [1.165, 1.54) is 6.08 Å². The molecule has 3 heteroatoms. The van der Waals surface area contributed by atoms with Gasteiger partial charge < -0.3 is 0 Å². The van der Waals surface area contributed by atoms with Gasteiger partial charge >= 0.3 is 0 Å². The van der Waals surface area contributed by atoms with Gasteiger partial charge in [-0.2, -0.15) is 5.26 Å². The van der Waals surface area contributed by atoms with E-state index < -0.39 is 0 Å². The van der Waals surface area contributed by atoms with E-state index in [2.05, 4.69) is 4.99 Å². The van der Waals surface area contributed by atoms with E-state index in [0.717, 1.165) is 12.8 Å². The monoisotopic (exact) mass is 124 g/mol. The van der Waals surface area contributed by atoms with E-state index in [0.29, 0.717) is 13.0 Å². The molecule has 48 valence electrons. The second kappa shape index (κ2) is 6.87. The Kier molecular flexibility index (Phi) is 6.01. The first kappa shape index (κ1) is 7.87. The van der Waals surface area contributed by atoms with Gasteiger partial charge in [0.25, 0.3) is 0 Å². The van der Waals surface area contributed by atoms with Gasteiger partial charge in [-0.3, -0.25) is 0 Å². The highest BCUT2D eigenvalue weighted by atomic mass is 16.1. The Morgan fingerprint density at radius 2 is 2.22 bits per heavy atom. The number of isocyanates is 1. The fourth-order valence-corrected chi connectivity index (χ4v) is 0.441. The number of unbranched alkanes of at least 4 members (excludes halogenated alkanes) is 2. The first-order valence-corrected chi connectivity index (χ1v) is 2.82. The van der Waals surface area contributed by atoms with Crippen molar-refractivity contribution in [1.82, 2.24) is 0 Å². The predicted octanol–water partition coefficient (Wildman–Crippen LogP) is 1.02. The highest BCUT2D eigenvalue weighted by Gasteiger charge is 1.83. The number of carbonyl (C=O) groups excluding carboxylic acids is 1. The van der Waals surface area contributed by atoms with E-state index in [9.17, 15) is 4.79 Å². The van der Waals surface area contributed by atoms with Gasteiger partial charge in [0.1, 0.15) is 0 Å². The molecule has 0 heterocycles. The summed E-state index contributed by atoms with van der Waals surface area (Å²) in [4.78, 5) is 12.8. The summed E-state index contributed by atoms with van der Waals surface area (Å²) in [6.45, 7) is 0.505. The summed E-state index contributed by atoms with van der Waals surface area (Å²) >= 11 is 0. The SMILES string of the molecule is N#CCCCCN=C=O. The van der Waals surface area contributed by atoms with Gasteiger partial charge in [0.05, 0.1) is 12.6 Å². The average molecular weight is 124 g/mol. The highest BCUT2D eigenvalue weighted by molar-refractivity contribution is 5.32. The molecule has 0 radical (unpaired) electrons. The zero-order chi connectivity index (χ0) is 6.95. The molecule has 0 unspecified atom stereocenters. The standard InChI is InChI=1S/C6H8N2O/c7-4-2-1-3-5-8-6-9/h1-3,5H2. The normalized spacial score (nSPS) is 7.44. The van der Waals surface area contributed by atoms with Crippen molar-refractivity contribution in [2.45, 2.75) is 19.3 Å². The summed E-state index contributed by atoms with van der Waals surface area (Å²) in [5.41, 5.74) is 0. The van der Waals surface area contributed by atoms with Crippen molar-refractivity contribution < 1.29 is 4.79 Å². The van der Waals surface area contributed by atoms with Crippen LogP contribution in [0.3, 0.4) is 0 Å². The molecular formula is C6H8N2O. The van der Waals surface area contributed by atoms with Gasteiger partial charge in [0.15, 0.2) is 0 Å². The van der Waals surface area contributed by atoms with Crippen molar-refractivity contribution in [2.24, 2.45) is 4.99 Å². The van der Waals surface area contributed by atoms with Crippen molar-refractivity contribution in [3.05, 3.63) is 0 Å². The lowest BCUT2D eigenvalue weighted by atomic mass is 10.2. The molecule has 0 rings (SSSR count). The highest BCUT2D eigenvalue weighted by Crippen LogP contribution is 1.92. The van der Waals surface area contributed by atoms with Gasteiger partial charge in [0, 0.05) is 6.42 Å². The topological polar surface area (TPSA) is 53.2 Å². The second-order valence-electron chi connectivity index (χ2n) is 1.59. The van der Waals surface area contributed by atoms with Gasteiger partial charge in [-0.05, 0) is 12.8 Å². The maximum absolute atomic E-state index is 9.48. The van der Waals surface area contributed by atoms with Crippen LogP contribution < -0.4 is 0 Å². The Hall–Kier alpha value is -1.13. The Morgan fingerprint density at radius 1 is 1.44 bits per heavy atom. The molecule has 0 aliphatic carbocycles. The van der Waals surface area contributed by atoms with Crippen LogP contribution in [0.4, 0.5) is 0 Å². The number of hydrogen-bond donors (Lipinski definition) is 0. The molecule has 0 spiro atoms. The third-order valence-corrected chi connectivity index (χ3v) is 0.873. The first-order valence-electron chi connectivity index (χ1n) is 2.82. The molecule has 9 heavy (non-hydrogen) atoms. The summed E-state index contributed by atoms with van der Waals surface area (Å²) in [5.74, 6) is 0. The number of nitriles is 1. The van der Waals surface area contributed by atoms with E-state index in [-0.39, 0.29) is 0 Å². The largest absolute Gasteiger partial charge is 0.234 e. The Balaban J connectivity index is 2.93. The molecule has 0 aliphatic heterocycles. The van der Waals surface area contributed by atoms with Crippen molar-refractivity contribution in [1.29, 1.82) is 5.26 Å². The van der Waals surface area contributed by atoms with Crippen molar-refractivity contribution in [3.8, 4) is 6.07 Å². The van der Waals surface area contributed by atoms with Gasteiger partial charge in [0.2, 0.25) is 6.08 Å². The van der Waals surface area contributed by atoms with Crippen molar-refractivity contribution in [2.75, 3.05) is 6.54 Å². The molecule has 0 aliphatic rings. The first-order chi connectivity index (χ1) is 4.41. The van der Waals surface area contributed by atoms with Crippen LogP contribution in [0, 0.1) is 11.3 Å². The average Bonchev–Trinajstić information content (AvgIpc) is 1.89. The molecule has 0 bridgehead atoms. The van der Waals surface area contributed by atoms with E-state index >= 15 is 0 Å². The van der Waals surface area contributed by atoms with Crippen molar-refractivity contribution >= 4 is 6.08 Å². The number of aliphatic imine (C=N–C) groups is 1. The molecule has 0 amide bonds. The molecular weight excluding hydrogens is 116 g/mol. The van der Waals surface area contributed by atoms with Gasteiger partial charge in [-0.1, -0.05) is 0 Å². The number of nitrogens with zero attached hydrogens (tertiary/aromatic N) is 2. The molecule has 0 saturated heterocycles. The summed E-state index contributed by atoms with van der Waals surface area (Å²) in [6, 6.07) is 2.00. The molecule has 0 saturated carbocycles. The Morgan fingerprint density at radius 3 is 2.78 bits per heavy atom. The smallest absolute Gasteiger partial charge is 0.211 e. The maximum atomic E-state index is 9.48. The summed E-state index contributed by atoms with van der Waals surface area (Å²) < 4.78 is 0.